The van der Waals surface area contributed by atoms with Crippen LogP contribution in [0.15, 0.2) is 30.3 Å². The van der Waals surface area contributed by atoms with Gasteiger partial charge in [0.05, 0.1) is 19.4 Å². The fourth-order valence-corrected chi connectivity index (χ4v) is 3.03. The smallest absolute Gasteiger partial charge is 0.309 e. The molecule has 0 aromatic heterocycles. The lowest BCUT2D eigenvalue weighted by atomic mass is 10.2. The summed E-state index contributed by atoms with van der Waals surface area (Å²) in [5.74, 6) is 0. The first kappa shape index (κ1) is 16.3. The molecule has 1 aromatic carbocycles. The highest BCUT2D eigenvalue weighted by molar-refractivity contribution is 7.53. The van der Waals surface area contributed by atoms with E-state index in [9.17, 15) is 4.57 Å². The first-order valence-electron chi connectivity index (χ1n) is 5.32. The van der Waals surface area contributed by atoms with Crippen LogP contribution in [-0.2, 0) is 19.8 Å². The third-order valence-corrected chi connectivity index (χ3v) is 3.93. The second-order valence-corrected chi connectivity index (χ2v) is 5.14. The largest absolute Gasteiger partial charge is 0.335 e. The van der Waals surface area contributed by atoms with E-state index in [4.69, 9.17) is 19.6 Å². The van der Waals surface area contributed by atoms with E-state index >= 15 is 0 Å². The Morgan fingerprint density at radius 1 is 1.06 bits per heavy atom. The Bertz CT molecular complexity index is 318. The SMILES string of the molecule is CCOP(=O)(Cc1ccccc1)OCC.OO. The molecule has 0 aliphatic heterocycles. The molecule has 98 valence electrons. The average molecular weight is 262 g/mol. The van der Waals surface area contributed by atoms with Crippen LogP contribution in [0, 0.1) is 0 Å². The van der Waals surface area contributed by atoms with Crippen LogP contribution >= 0.6 is 7.60 Å². The summed E-state index contributed by atoms with van der Waals surface area (Å²) in [6.07, 6.45) is 0.343. The van der Waals surface area contributed by atoms with E-state index in [1.165, 1.54) is 0 Å². The Hall–Kier alpha value is -0.710. The number of rotatable bonds is 6. The third kappa shape index (κ3) is 6.56. The molecule has 0 bridgehead atoms. The highest BCUT2D eigenvalue weighted by atomic mass is 31.2. The molecular formula is C11H19O5P. The summed E-state index contributed by atoms with van der Waals surface area (Å²) >= 11 is 0. The monoisotopic (exact) mass is 262 g/mol. The number of benzene rings is 1. The summed E-state index contributed by atoms with van der Waals surface area (Å²) in [6, 6.07) is 9.60. The van der Waals surface area contributed by atoms with Crippen LogP contribution in [0.3, 0.4) is 0 Å². The lowest BCUT2D eigenvalue weighted by Crippen LogP contribution is -1.98. The van der Waals surface area contributed by atoms with Crippen LogP contribution in [0.25, 0.3) is 0 Å². The van der Waals surface area contributed by atoms with Crippen LogP contribution in [0.2, 0.25) is 0 Å². The average Bonchev–Trinajstić information content (AvgIpc) is 2.33. The van der Waals surface area contributed by atoms with Crippen molar-refractivity contribution < 1.29 is 24.1 Å². The standard InChI is InChI=1S/C11H17O3P.H2O2/c1-3-13-15(12,14-4-2)10-11-8-6-5-7-9-11;1-2/h5-9H,3-4,10H2,1-2H3;1-2H. The summed E-state index contributed by atoms with van der Waals surface area (Å²) in [7, 11) is -2.94. The molecule has 1 rings (SSSR count). The predicted molar refractivity (Wildman–Crippen MR) is 66.3 cm³/mol. The molecule has 0 radical (unpaired) electrons. The van der Waals surface area contributed by atoms with Crippen molar-refractivity contribution in [3.05, 3.63) is 35.9 Å². The minimum Gasteiger partial charge on any atom is -0.309 e. The third-order valence-electron chi connectivity index (χ3n) is 1.87. The molecule has 0 spiro atoms. The van der Waals surface area contributed by atoms with Crippen molar-refractivity contribution in [1.82, 2.24) is 0 Å². The Morgan fingerprint density at radius 3 is 1.94 bits per heavy atom. The minimum absolute atomic E-state index is 0.343. The van der Waals surface area contributed by atoms with Crippen molar-refractivity contribution >= 4 is 7.60 Å². The zero-order chi connectivity index (χ0) is 13.1. The number of hydrogen-bond acceptors (Lipinski definition) is 5. The van der Waals surface area contributed by atoms with Gasteiger partial charge in [0.25, 0.3) is 0 Å². The maximum absolute atomic E-state index is 12.1. The fraction of sp³-hybridized carbons (Fsp3) is 0.455. The maximum atomic E-state index is 12.1. The molecule has 2 N–H and O–H groups in total. The second kappa shape index (κ2) is 9.33. The molecule has 1 aromatic rings. The Balaban J connectivity index is 0.00000121. The summed E-state index contributed by atoms with van der Waals surface area (Å²) < 4.78 is 22.6. The van der Waals surface area contributed by atoms with Gasteiger partial charge in [0, 0.05) is 0 Å². The van der Waals surface area contributed by atoms with Crippen molar-refractivity contribution in [3.63, 3.8) is 0 Å². The molecule has 0 aliphatic rings. The number of hydrogen-bond donors (Lipinski definition) is 2. The zero-order valence-electron chi connectivity index (χ0n) is 10.1. The van der Waals surface area contributed by atoms with Gasteiger partial charge in [-0.2, -0.15) is 0 Å². The van der Waals surface area contributed by atoms with Gasteiger partial charge in [-0.3, -0.25) is 15.1 Å². The molecule has 6 heteroatoms. The van der Waals surface area contributed by atoms with Gasteiger partial charge >= 0.3 is 7.60 Å². The highest BCUT2D eigenvalue weighted by Gasteiger charge is 2.23. The van der Waals surface area contributed by atoms with Gasteiger partial charge in [0.1, 0.15) is 0 Å². The molecule has 0 aliphatic carbocycles. The van der Waals surface area contributed by atoms with E-state index in [0.717, 1.165) is 5.56 Å². The van der Waals surface area contributed by atoms with Crippen LogP contribution in [0.4, 0.5) is 0 Å². The lowest BCUT2D eigenvalue weighted by Gasteiger charge is -2.16. The summed E-state index contributed by atoms with van der Waals surface area (Å²) in [5.41, 5.74) is 0.975. The molecular weight excluding hydrogens is 243 g/mol. The Kier molecular flexibility index (Phi) is 8.94. The summed E-state index contributed by atoms with van der Waals surface area (Å²) in [6.45, 7) is 4.45. The first-order chi connectivity index (χ1) is 8.20. The topological polar surface area (TPSA) is 76.0 Å². The zero-order valence-corrected chi connectivity index (χ0v) is 11.0. The van der Waals surface area contributed by atoms with E-state index in [2.05, 4.69) is 0 Å². The summed E-state index contributed by atoms with van der Waals surface area (Å²) in [4.78, 5) is 0. The molecule has 0 saturated carbocycles. The fourth-order valence-electron chi connectivity index (χ4n) is 1.33. The van der Waals surface area contributed by atoms with E-state index < -0.39 is 7.60 Å². The van der Waals surface area contributed by atoms with Crippen molar-refractivity contribution in [3.8, 4) is 0 Å². The lowest BCUT2D eigenvalue weighted by molar-refractivity contribution is -0.176. The van der Waals surface area contributed by atoms with Crippen molar-refractivity contribution in [2.24, 2.45) is 0 Å². The van der Waals surface area contributed by atoms with Crippen LogP contribution in [-0.4, -0.2) is 23.7 Å². The van der Waals surface area contributed by atoms with Crippen LogP contribution in [0.1, 0.15) is 19.4 Å². The van der Waals surface area contributed by atoms with Crippen LogP contribution < -0.4 is 0 Å². The van der Waals surface area contributed by atoms with Gasteiger partial charge in [0.15, 0.2) is 0 Å². The Labute approximate surface area is 101 Å². The molecule has 5 nitrogen and oxygen atoms in total. The van der Waals surface area contributed by atoms with Crippen LogP contribution in [0.5, 0.6) is 0 Å². The first-order valence-corrected chi connectivity index (χ1v) is 7.05. The molecule has 17 heavy (non-hydrogen) atoms. The quantitative estimate of drug-likeness (QED) is 0.466. The second-order valence-electron chi connectivity index (χ2n) is 3.09. The summed E-state index contributed by atoms with van der Waals surface area (Å²) in [5, 5.41) is 12.0. The molecule has 0 amide bonds. The van der Waals surface area contributed by atoms with E-state index in [-0.39, 0.29) is 0 Å². The van der Waals surface area contributed by atoms with E-state index in [1.54, 1.807) is 0 Å². The maximum Gasteiger partial charge on any atom is 0.335 e. The normalized spacial score (nSPS) is 10.6. The molecule has 0 fully saturated rings. The van der Waals surface area contributed by atoms with Gasteiger partial charge in [-0.1, -0.05) is 30.3 Å². The van der Waals surface area contributed by atoms with E-state index in [1.807, 2.05) is 44.2 Å². The van der Waals surface area contributed by atoms with Gasteiger partial charge in [-0.25, -0.2) is 0 Å². The van der Waals surface area contributed by atoms with Gasteiger partial charge in [0.2, 0.25) is 0 Å². The molecule has 0 atom stereocenters. The Morgan fingerprint density at radius 2 is 1.53 bits per heavy atom. The van der Waals surface area contributed by atoms with Crippen molar-refractivity contribution in [2.75, 3.05) is 13.2 Å². The molecule has 0 saturated heterocycles. The highest BCUT2D eigenvalue weighted by Crippen LogP contribution is 2.51. The minimum atomic E-state index is -2.94. The molecule has 0 heterocycles. The van der Waals surface area contributed by atoms with Gasteiger partial charge in [-0.15, -0.1) is 0 Å². The van der Waals surface area contributed by atoms with Crippen molar-refractivity contribution in [2.45, 2.75) is 20.0 Å². The van der Waals surface area contributed by atoms with Crippen molar-refractivity contribution in [1.29, 1.82) is 0 Å². The molecule has 0 unspecified atom stereocenters. The van der Waals surface area contributed by atoms with Gasteiger partial charge in [-0.05, 0) is 19.4 Å². The van der Waals surface area contributed by atoms with E-state index in [0.29, 0.717) is 19.4 Å². The predicted octanol–water partition coefficient (Wildman–Crippen LogP) is 3.47. The van der Waals surface area contributed by atoms with Gasteiger partial charge < -0.3 is 9.05 Å².